The second kappa shape index (κ2) is 8.80. The lowest BCUT2D eigenvalue weighted by Crippen LogP contribution is -2.31. The van der Waals surface area contributed by atoms with Gasteiger partial charge in [-0.05, 0) is 52.8 Å². The number of nitrogens with zero attached hydrogens (tertiary/aromatic N) is 2. The Morgan fingerprint density at radius 1 is 1.06 bits per heavy atom. The van der Waals surface area contributed by atoms with Crippen molar-refractivity contribution in [1.82, 2.24) is 15.3 Å². The average molecular weight is 443 g/mol. The van der Waals surface area contributed by atoms with Crippen LogP contribution in [-0.2, 0) is 19.5 Å². The van der Waals surface area contributed by atoms with E-state index in [-0.39, 0.29) is 5.56 Å². The smallest absolute Gasteiger partial charge is 0.261 e. The van der Waals surface area contributed by atoms with Crippen LogP contribution in [0.15, 0.2) is 77.0 Å². The molecule has 0 bridgehead atoms. The number of thiophene rings is 1. The molecule has 0 fully saturated rings. The van der Waals surface area contributed by atoms with Crippen molar-refractivity contribution in [2.24, 2.45) is 0 Å². The van der Waals surface area contributed by atoms with Gasteiger partial charge in [0.15, 0.2) is 0 Å². The number of amides is 1. The molecular formula is C25H22N4O2S. The van der Waals surface area contributed by atoms with E-state index in [4.69, 9.17) is 0 Å². The molecule has 1 amide bonds. The molecule has 6 nitrogen and oxygen atoms in total. The first-order valence-corrected chi connectivity index (χ1v) is 11.4. The van der Waals surface area contributed by atoms with E-state index in [1.165, 1.54) is 22.5 Å². The second-order valence-electron chi connectivity index (χ2n) is 7.74. The number of rotatable bonds is 5. The van der Waals surface area contributed by atoms with Gasteiger partial charge >= 0.3 is 0 Å². The van der Waals surface area contributed by atoms with Crippen molar-refractivity contribution in [3.63, 3.8) is 0 Å². The van der Waals surface area contributed by atoms with Gasteiger partial charge in [-0.2, -0.15) is 0 Å². The zero-order valence-electron chi connectivity index (χ0n) is 17.4. The first kappa shape index (κ1) is 20.2. The number of anilines is 1. The van der Waals surface area contributed by atoms with Crippen LogP contribution in [0.1, 0.15) is 27.0 Å². The van der Waals surface area contributed by atoms with Crippen molar-refractivity contribution in [3.8, 4) is 10.6 Å². The van der Waals surface area contributed by atoms with Crippen LogP contribution in [0.2, 0.25) is 0 Å². The predicted octanol–water partition coefficient (Wildman–Crippen LogP) is 3.99. The number of hydrogen-bond donors (Lipinski definition) is 2. The molecule has 0 atom stereocenters. The third kappa shape index (κ3) is 4.20. The highest BCUT2D eigenvalue weighted by Gasteiger charge is 2.17. The van der Waals surface area contributed by atoms with Gasteiger partial charge in [-0.25, -0.2) is 4.98 Å². The van der Waals surface area contributed by atoms with Gasteiger partial charge in [-0.1, -0.05) is 36.4 Å². The van der Waals surface area contributed by atoms with Gasteiger partial charge in [0.1, 0.15) is 11.4 Å². The van der Waals surface area contributed by atoms with Crippen molar-refractivity contribution in [2.75, 3.05) is 11.4 Å². The Hall–Kier alpha value is -3.71. The Kier molecular flexibility index (Phi) is 5.56. The summed E-state index contributed by atoms with van der Waals surface area (Å²) in [5.74, 6) is 0.524. The molecule has 0 aliphatic carbocycles. The fourth-order valence-electron chi connectivity index (χ4n) is 3.91. The Bertz CT molecular complexity index is 1300. The summed E-state index contributed by atoms with van der Waals surface area (Å²) in [6, 6.07) is 19.6. The summed E-state index contributed by atoms with van der Waals surface area (Å²) in [5.41, 5.74) is 4.04. The third-order valence-electron chi connectivity index (χ3n) is 5.66. The lowest BCUT2D eigenvalue weighted by Gasteiger charge is -2.29. The second-order valence-corrected chi connectivity index (χ2v) is 8.69. The van der Waals surface area contributed by atoms with Gasteiger partial charge in [-0.3, -0.25) is 9.59 Å². The number of benzene rings is 1. The molecule has 160 valence electrons. The molecule has 0 unspecified atom stereocenters. The fourth-order valence-corrected chi connectivity index (χ4v) is 4.61. The summed E-state index contributed by atoms with van der Waals surface area (Å²) in [6.07, 6.45) is 2.79. The maximum absolute atomic E-state index is 12.5. The van der Waals surface area contributed by atoms with Crippen LogP contribution in [0.25, 0.3) is 10.6 Å². The highest BCUT2D eigenvalue weighted by molar-refractivity contribution is 7.13. The average Bonchev–Trinajstić information content (AvgIpc) is 3.38. The summed E-state index contributed by atoms with van der Waals surface area (Å²) in [5, 5.41) is 4.75. The van der Waals surface area contributed by atoms with E-state index in [9.17, 15) is 9.59 Å². The Morgan fingerprint density at radius 2 is 1.94 bits per heavy atom. The third-order valence-corrected chi connectivity index (χ3v) is 6.56. The normalized spacial score (nSPS) is 12.9. The molecule has 4 heterocycles. The minimum Gasteiger partial charge on any atom is -0.352 e. The lowest BCUT2D eigenvalue weighted by atomic mass is 10.00. The predicted molar refractivity (Wildman–Crippen MR) is 127 cm³/mol. The van der Waals surface area contributed by atoms with E-state index < -0.39 is 11.5 Å². The molecule has 2 N–H and O–H groups in total. The number of aromatic amines is 1. The molecular weight excluding hydrogens is 420 g/mol. The Balaban J connectivity index is 1.21. The molecule has 0 spiro atoms. The lowest BCUT2D eigenvalue weighted by molar-refractivity contribution is 0.0949. The van der Waals surface area contributed by atoms with Crippen LogP contribution in [0.4, 0.5) is 5.82 Å². The number of aromatic nitrogens is 2. The fraction of sp³-hybridized carbons (Fsp3) is 0.160. The summed E-state index contributed by atoms with van der Waals surface area (Å²) in [7, 11) is 0. The number of H-pyrrole nitrogens is 1. The minimum atomic E-state index is -0.402. The van der Waals surface area contributed by atoms with E-state index in [1.54, 1.807) is 18.3 Å². The van der Waals surface area contributed by atoms with Crippen LogP contribution in [0.3, 0.4) is 0 Å². The van der Waals surface area contributed by atoms with Crippen molar-refractivity contribution >= 4 is 23.1 Å². The number of carbonyl (C=O) groups is 1. The zero-order chi connectivity index (χ0) is 21.9. The molecule has 3 aromatic heterocycles. The van der Waals surface area contributed by atoms with Crippen LogP contribution >= 0.6 is 11.3 Å². The van der Waals surface area contributed by atoms with Crippen molar-refractivity contribution in [2.45, 2.75) is 19.5 Å². The number of nitrogens with one attached hydrogen (secondary N) is 2. The largest absolute Gasteiger partial charge is 0.352 e. The van der Waals surface area contributed by atoms with Gasteiger partial charge in [0.05, 0.1) is 10.6 Å². The van der Waals surface area contributed by atoms with Crippen LogP contribution in [0, 0.1) is 0 Å². The summed E-state index contributed by atoms with van der Waals surface area (Å²) >= 11 is 1.53. The molecule has 0 radical (unpaired) electrons. The number of pyridine rings is 2. The maximum Gasteiger partial charge on any atom is 0.261 e. The molecule has 1 aromatic carbocycles. The minimum absolute atomic E-state index is 0.0990. The number of hydrogen-bond acceptors (Lipinski definition) is 5. The first-order chi connectivity index (χ1) is 15.7. The Labute approximate surface area is 189 Å². The number of fused-ring (bicyclic) bond motifs is 1. The highest BCUT2D eigenvalue weighted by Crippen LogP contribution is 2.23. The van der Waals surface area contributed by atoms with E-state index in [2.05, 4.69) is 44.5 Å². The van der Waals surface area contributed by atoms with Crippen LogP contribution in [0.5, 0.6) is 0 Å². The van der Waals surface area contributed by atoms with Gasteiger partial charge in [-0.15, -0.1) is 11.3 Å². The van der Waals surface area contributed by atoms with Gasteiger partial charge < -0.3 is 15.2 Å². The quantitative estimate of drug-likeness (QED) is 0.490. The van der Waals surface area contributed by atoms with Crippen LogP contribution in [-0.4, -0.2) is 22.4 Å². The SMILES string of the molecule is O=C(NCc1ccc(N2CCc3ccccc3C2)nc1)c1ccc(-c2cccs2)[nH]c1=O. The summed E-state index contributed by atoms with van der Waals surface area (Å²) < 4.78 is 0. The Morgan fingerprint density at radius 3 is 2.69 bits per heavy atom. The highest BCUT2D eigenvalue weighted by atomic mass is 32.1. The summed E-state index contributed by atoms with van der Waals surface area (Å²) in [4.78, 5) is 35.5. The first-order valence-electron chi connectivity index (χ1n) is 10.5. The number of carbonyl (C=O) groups excluding carboxylic acids is 1. The molecule has 4 aromatic rings. The maximum atomic E-state index is 12.5. The van der Waals surface area contributed by atoms with Crippen LogP contribution < -0.4 is 15.8 Å². The summed E-state index contributed by atoms with van der Waals surface area (Å²) in [6.45, 7) is 2.09. The van der Waals surface area contributed by atoms with Gasteiger partial charge in [0.2, 0.25) is 0 Å². The van der Waals surface area contributed by atoms with Crippen molar-refractivity contribution < 1.29 is 4.79 Å². The van der Waals surface area contributed by atoms with Crippen molar-refractivity contribution in [1.29, 1.82) is 0 Å². The van der Waals surface area contributed by atoms with E-state index >= 15 is 0 Å². The van der Waals surface area contributed by atoms with E-state index in [0.29, 0.717) is 12.2 Å². The molecule has 0 saturated carbocycles. The zero-order valence-corrected chi connectivity index (χ0v) is 18.2. The van der Waals surface area contributed by atoms with E-state index in [0.717, 1.165) is 35.8 Å². The van der Waals surface area contributed by atoms with E-state index in [1.807, 2.05) is 29.6 Å². The molecule has 5 rings (SSSR count). The van der Waals surface area contributed by atoms with Gasteiger partial charge in [0, 0.05) is 25.8 Å². The van der Waals surface area contributed by atoms with Crippen molar-refractivity contribution in [3.05, 3.63) is 105 Å². The standard InChI is InChI=1S/C25H22N4O2S/c30-24(20-8-9-21(28-25(20)31)22-6-3-13-32-22)27-15-17-7-10-23(26-14-17)29-12-11-18-4-1-2-5-19(18)16-29/h1-10,13-14H,11-12,15-16H2,(H,27,30)(H,28,31). The molecule has 32 heavy (non-hydrogen) atoms. The molecule has 7 heteroatoms. The molecule has 1 aliphatic rings. The topological polar surface area (TPSA) is 78.1 Å². The molecule has 0 saturated heterocycles. The van der Waals surface area contributed by atoms with Gasteiger partial charge in [0.25, 0.3) is 11.5 Å². The molecule has 1 aliphatic heterocycles. The monoisotopic (exact) mass is 442 g/mol.